The first-order valence-corrected chi connectivity index (χ1v) is 6.36. The molecule has 1 atom stereocenters. The largest absolute Gasteiger partial charge is 0.493 e. The van der Waals surface area contributed by atoms with Gasteiger partial charge >= 0.3 is 0 Å². The second-order valence-corrected chi connectivity index (χ2v) is 4.20. The number of aromatic nitrogens is 4. The predicted molar refractivity (Wildman–Crippen MR) is 73.9 cm³/mol. The Kier molecular flexibility index (Phi) is 4.52. The Labute approximate surface area is 118 Å². The van der Waals surface area contributed by atoms with Crippen molar-refractivity contribution in [2.75, 3.05) is 20.8 Å². The van der Waals surface area contributed by atoms with Crippen LogP contribution >= 0.6 is 0 Å². The van der Waals surface area contributed by atoms with Crippen molar-refractivity contribution in [3.63, 3.8) is 0 Å². The van der Waals surface area contributed by atoms with Crippen LogP contribution in [-0.2, 0) is 7.05 Å². The summed E-state index contributed by atoms with van der Waals surface area (Å²) >= 11 is 0. The summed E-state index contributed by atoms with van der Waals surface area (Å²) in [5, 5.41) is 7.62. The summed E-state index contributed by atoms with van der Waals surface area (Å²) in [6.07, 6.45) is 3.18. The zero-order valence-electron chi connectivity index (χ0n) is 12.1. The first-order valence-electron chi connectivity index (χ1n) is 6.36. The Morgan fingerprint density at radius 1 is 1.30 bits per heavy atom. The minimum Gasteiger partial charge on any atom is -0.493 e. The van der Waals surface area contributed by atoms with Gasteiger partial charge < -0.3 is 14.8 Å². The van der Waals surface area contributed by atoms with Gasteiger partial charge in [-0.2, -0.15) is 5.10 Å². The van der Waals surface area contributed by atoms with Gasteiger partial charge in [0.1, 0.15) is 12.0 Å². The lowest BCUT2D eigenvalue weighted by Gasteiger charge is -2.19. The molecular weight excluding hydrogens is 258 g/mol. The fourth-order valence-corrected chi connectivity index (χ4v) is 2.08. The lowest BCUT2D eigenvalue weighted by atomic mass is 10.1. The normalized spacial score (nSPS) is 12.2. The molecule has 0 bridgehead atoms. The Morgan fingerprint density at radius 2 is 2.10 bits per heavy atom. The summed E-state index contributed by atoms with van der Waals surface area (Å²) in [7, 11) is 5.09. The third kappa shape index (κ3) is 2.72. The van der Waals surface area contributed by atoms with E-state index >= 15 is 0 Å². The van der Waals surface area contributed by atoms with Crippen molar-refractivity contribution < 1.29 is 9.47 Å². The quantitative estimate of drug-likeness (QED) is 0.846. The van der Waals surface area contributed by atoms with Crippen LogP contribution in [0.15, 0.2) is 18.6 Å². The van der Waals surface area contributed by atoms with Crippen molar-refractivity contribution in [2.45, 2.75) is 13.0 Å². The molecule has 0 spiro atoms. The summed E-state index contributed by atoms with van der Waals surface area (Å²) in [6, 6.07) is 1.67. The van der Waals surface area contributed by atoms with Gasteiger partial charge in [-0.1, -0.05) is 6.92 Å². The maximum atomic E-state index is 5.37. The molecule has 0 saturated carbocycles. The molecule has 7 nitrogen and oxygen atoms in total. The van der Waals surface area contributed by atoms with Crippen molar-refractivity contribution in [1.29, 1.82) is 0 Å². The smallest absolute Gasteiger partial charge is 0.216 e. The highest BCUT2D eigenvalue weighted by Gasteiger charge is 2.23. The SMILES string of the molecule is CCNC(c1cc(OC)ncn1)c1c(OC)cnn1C. The van der Waals surface area contributed by atoms with Crippen LogP contribution in [0.2, 0.25) is 0 Å². The van der Waals surface area contributed by atoms with E-state index < -0.39 is 0 Å². The van der Waals surface area contributed by atoms with Gasteiger partial charge in [-0.15, -0.1) is 0 Å². The predicted octanol–water partition coefficient (Wildman–Crippen LogP) is 0.926. The topological polar surface area (TPSA) is 74.1 Å². The Balaban J connectivity index is 2.47. The minimum atomic E-state index is -0.139. The van der Waals surface area contributed by atoms with Gasteiger partial charge in [0.05, 0.1) is 32.2 Å². The molecular formula is C13H19N5O2. The van der Waals surface area contributed by atoms with Gasteiger partial charge in [0.2, 0.25) is 5.88 Å². The lowest BCUT2D eigenvalue weighted by Crippen LogP contribution is -2.25. The zero-order chi connectivity index (χ0) is 14.5. The Morgan fingerprint density at radius 3 is 2.75 bits per heavy atom. The molecule has 20 heavy (non-hydrogen) atoms. The molecule has 0 amide bonds. The Bertz CT molecular complexity index is 570. The molecule has 0 saturated heterocycles. The van der Waals surface area contributed by atoms with E-state index in [1.165, 1.54) is 6.33 Å². The maximum absolute atomic E-state index is 5.37. The third-order valence-corrected chi connectivity index (χ3v) is 3.02. The van der Waals surface area contributed by atoms with E-state index in [-0.39, 0.29) is 6.04 Å². The third-order valence-electron chi connectivity index (χ3n) is 3.02. The highest BCUT2D eigenvalue weighted by atomic mass is 16.5. The van der Waals surface area contributed by atoms with Crippen molar-refractivity contribution in [2.24, 2.45) is 7.05 Å². The summed E-state index contributed by atoms with van der Waals surface area (Å²) in [5.41, 5.74) is 1.72. The summed E-state index contributed by atoms with van der Waals surface area (Å²) in [5.74, 6) is 1.25. The average Bonchev–Trinajstić information content (AvgIpc) is 2.85. The van der Waals surface area contributed by atoms with Gasteiger partial charge in [-0.3, -0.25) is 4.68 Å². The number of hydrogen-bond acceptors (Lipinski definition) is 6. The molecule has 0 aliphatic rings. The minimum absolute atomic E-state index is 0.139. The second kappa shape index (κ2) is 6.33. The van der Waals surface area contributed by atoms with Crippen molar-refractivity contribution in [3.8, 4) is 11.6 Å². The number of nitrogens with zero attached hydrogens (tertiary/aromatic N) is 4. The fourth-order valence-electron chi connectivity index (χ4n) is 2.08. The van der Waals surface area contributed by atoms with E-state index in [0.717, 1.165) is 23.7 Å². The molecule has 2 aromatic heterocycles. The van der Waals surface area contributed by atoms with E-state index in [4.69, 9.17) is 9.47 Å². The molecule has 7 heteroatoms. The maximum Gasteiger partial charge on any atom is 0.216 e. The first-order chi connectivity index (χ1) is 9.71. The highest BCUT2D eigenvalue weighted by Crippen LogP contribution is 2.29. The molecule has 0 fully saturated rings. The van der Waals surface area contributed by atoms with E-state index in [2.05, 4.69) is 20.4 Å². The highest BCUT2D eigenvalue weighted by molar-refractivity contribution is 5.34. The van der Waals surface area contributed by atoms with Crippen LogP contribution in [0.4, 0.5) is 0 Å². The molecule has 0 aliphatic carbocycles. The number of ether oxygens (including phenoxy) is 2. The molecule has 108 valence electrons. The molecule has 0 aliphatic heterocycles. The van der Waals surface area contributed by atoms with Crippen LogP contribution in [0.5, 0.6) is 11.6 Å². The van der Waals surface area contributed by atoms with Gasteiger partial charge in [-0.25, -0.2) is 9.97 Å². The standard InChI is InChI=1S/C13H19N5O2/c1-5-14-12(9-6-11(20-4)16-8-15-9)13-10(19-3)7-17-18(13)2/h6-8,12,14H,5H2,1-4H3. The van der Waals surface area contributed by atoms with Crippen LogP contribution in [0.3, 0.4) is 0 Å². The van der Waals surface area contributed by atoms with E-state index in [9.17, 15) is 0 Å². The molecule has 1 N–H and O–H groups in total. The fraction of sp³-hybridized carbons (Fsp3) is 0.462. The number of methoxy groups -OCH3 is 2. The van der Waals surface area contributed by atoms with Crippen LogP contribution in [0.25, 0.3) is 0 Å². The van der Waals surface area contributed by atoms with E-state index in [1.54, 1.807) is 31.2 Å². The van der Waals surface area contributed by atoms with Crippen molar-refractivity contribution in [1.82, 2.24) is 25.1 Å². The number of hydrogen-bond donors (Lipinski definition) is 1. The second-order valence-electron chi connectivity index (χ2n) is 4.20. The van der Waals surface area contributed by atoms with Gasteiger partial charge in [0, 0.05) is 13.1 Å². The number of nitrogens with one attached hydrogen (secondary N) is 1. The van der Waals surface area contributed by atoms with Gasteiger partial charge in [-0.05, 0) is 6.54 Å². The molecule has 2 heterocycles. The number of rotatable bonds is 6. The molecule has 0 aromatic carbocycles. The zero-order valence-corrected chi connectivity index (χ0v) is 12.1. The molecule has 2 rings (SSSR count). The van der Waals surface area contributed by atoms with Crippen molar-refractivity contribution >= 4 is 0 Å². The number of aryl methyl sites for hydroxylation is 1. The molecule has 2 aromatic rings. The first kappa shape index (κ1) is 14.3. The lowest BCUT2D eigenvalue weighted by molar-refractivity contribution is 0.391. The molecule has 0 radical (unpaired) electrons. The van der Waals surface area contributed by atoms with Crippen LogP contribution < -0.4 is 14.8 Å². The van der Waals surface area contributed by atoms with Crippen molar-refractivity contribution in [3.05, 3.63) is 30.0 Å². The van der Waals surface area contributed by atoms with Crippen LogP contribution in [0, 0.1) is 0 Å². The van der Waals surface area contributed by atoms with Gasteiger partial charge in [0.15, 0.2) is 5.75 Å². The monoisotopic (exact) mass is 277 g/mol. The van der Waals surface area contributed by atoms with E-state index in [1.807, 2.05) is 14.0 Å². The summed E-state index contributed by atoms with van der Waals surface area (Å²) in [4.78, 5) is 8.36. The summed E-state index contributed by atoms with van der Waals surface area (Å²) in [6.45, 7) is 2.82. The Hall–Kier alpha value is -2.15. The molecule has 1 unspecified atom stereocenters. The van der Waals surface area contributed by atoms with E-state index in [0.29, 0.717) is 5.88 Å². The van der Waals surface area contributed by atoms with Crippen LogP contribution in [0.1, 0.15) is 24.4 Å². The summed E-state index contributed by atoms with van der Waals surface area (Å²) < 4.78 is 12.3. The van der Waals surface area contributed by atoms with Crippen LogP contribution in [-0.4, -0.2) is 40.5 Å². The average molecular weight is 277 g/mol. The van der Waals surface area contributed by atoms with Gasteiger partial charge in [0.25, 0.3) is 0 Å².